The Hall–Kier alpha value is -3.19. The molecule has 0 spiro atoms. The molecule has 2 rings (SSSR count). The summed E-state index contributed by atoms with van der Waals surface area (Å²) in [6.45, 7) is 3.82. The van der Waals surface area contributed by atoms with Crippen molar-refractivity contribution in [1.29, 1.82) is 0 Å². The fourth-order valence-electron chi connectivity index (χ4n) is 3.31. The number of Topliss-reactive ketones (excluding diaryl/α,β-unsaturated/α-hetero) is 1. The van der Waals surface area contributed by atoms with Crippen LogP contribution >= 0.6 is 0 Å². The van der Waals surface area contributed by atoms with E-state index in [1.165, 1.54) is 0 Å². The first-order valence-corrected chi connectivity index (χ1v) is 10.9. The molecule has 0 heterocycles. The van der Waals surface area contributed by atoms with Crippen LogP contribution in [-0.4, -0.2) is 41.6 Å². The second-order valence-corrected chi connectivity index (χ2v) is 7.84. The molecule has 2 aromatic carbocycles. The van der Waals surface area contributed by atoms with Gasteiger partial charge < -0.3 is 20.5 Å². The number of carboxylic acid groups (broad SMARTS) is 1. The van der Waals surface area contributed by atoms with Crippen molar-refractivity contribution in [3.05, 3.63) is 71.8 Å². The number of nitrogens with one attached hydrogen (secondary N) is 2. The van der Waals surface area contributed by atoms with Gasteiger partial charge in [0.15, 0.2) is 5.78 Å². The van der Waals surface area contributed by atoms with Gasteiger partial charge in [-0.25, -0.2) is 4.79 Å². The Kier molecular flexibility index (Phi) is 10.4. The Morgan fingerprint density at radius 2 is 1.53 bits per heavy atom. The van der Waals surface area contributed by atoms with Crippen LogP contribution in [0.25, 0.3) is 0 Å². The molecule has 0 aliphatic rings. The average Bonchev–Trinajstić information content (AvgIpc) is 2.80. The summed E-state index contributed by atoms with van der Waals surface area (Å²) >= 11 is 0. The van der Waals surface area contributed by atoms with E-state index in [2.05, 4.69) is 10.6 Å². The number of hydrogen-bond acceptors (Lipinski definition) is 4. The smallest absolute Gasteiger partial charge is 0.405 e. The van der Waals surface area contributed by atoms with E-state index >= 15 is 0 Å². The van der Waals surface area contributed by atoms with Crippen LogP contribution in [0.5, 0.6) is 0 Å². The average molecular weight is 441 g/mol. The maximum Gasteiger partial charge on any atom is 0.405 e. The second kappa shape index (κ2) is 13.3. The van der Waals surface area contributed by atoms with E-state index in [4.69, 9.17) is 9.84 Å². The first-order valence-electron chi connectivity index (χ1n) is 10.9. The van der Waals surface area contributed by atoms with Crippen molar-refractivity contribution in [1.82, 2.24) is 10.6 Å². The predicted octanol–water partition coefficient (Wildman–Crippen LogP) is 3.57. The van der Waals surface area contributed by atoms with Gasteiger partial charge in [0.25, 0.3) is 0 Å². The van der Waals surface area contributed by atoms with Gasteiger partial charge in [-0.3, -0.25) is 9.59 Å². The fraction of sp³-hybridized carbons (Fsp3) is 0.400. The number of aryl methyl sites for hydroxylation is 1. The van der Waals surface area contributed by atoms with Crippen molar-refractivity contribution >= 4 is 17.8 Å². The molecule has 3 N–H and O–H groups in total. The molecule has 3 atom stereocenters. The Balaban J connectivity index is 2.04. The van der Waals surface area contributed by atoms with Gasteiger partial charge in [0.1, 0.15) is 12.6 Å². The van der Waals surface area contributed by atoms with Gasteiger partial charge in [-0.15, -0.1) is 0 Å². The van der Waals surface area contributed by atoms with E-state index in [9.17, 15) is 14.4 Å². The zero-order valence-corrected chi connectivity index (χ0v) is 18.6. The molecule has 0 saturated heterocycles. The highest BCUT2D eigenvalue weighted by molar-refractivity contribution is 5.92. The predicted molar refractivity (Wildman–Crippen MR) is 122 cm³/mol. The lowest BCUT2D eigenvalue weighted by Gasteiger charge is -2.25. The summed E-state index contributed by atoms with van der Waals surface area (Å²) in [6.07, 6.45) is 0.324. The Morgan fingerprint density at radius 3 is 2.09 bits per heavy atom. The van der Waals surface area contributed by atoms with Crippen LogP contribution in [-0.2, 0) is 27.4 Å². The lowest BCUT2D eigenvalue weighted by molar-refractivity contribution is -0.132. The minimum atomic E-state index is -1.27. The van der Waals surface area contributed by atoms with Crippen molar-refractivity contribution < 1.29 is 24.2 Å². The largest absolute Gasteiger partial charge is 0.465 e. The molecule has 0 bridgehead atoms. The summed E-state index contributed by atoms with van der Waals surface area (Å²) in [6, 6.07) is 17.5. The molecule has 7 nitrogen and oxygen atoms in total. The van der Waals surface area contributed by atoms with Crippen molar-refractivity contribution in [3.63, 3.8) is 0 Å². The molecule has 7 heteroatoms. The number of ether oxygens (including phenoxy) is 1. The topological polar surface area (TPSA) is 105 Å². The van der Waals surface area contributed by atoms with Gasteiger partial charge >= 0.3 is 6.09 Å². The van der Waals surface area contributed by atoms with Gasteiger partial charge in [0.05, 0.1) is 12.6 Å². The van der Waals surface area contributed by atoms with Crippen molar-refractivity contribution in [2.24, 2.45) is 5.92 Å². The van der Waals surface area contributed by atoms with Crippen molar-refractivity contribution in [2.45, 2.75) is 51.8 Å². The van der Waals surface area contributed by atoms with Gasteiger partial charge in [-0.2, -0.15) is 0 Å². The van der Waals surface area contributed by atoms with E-state index in [0.29, 0.717) is 25.9 Å². The molecule has 0 radical (unpaired) electrons. The summed E-state index contributed by atoms with van der Waals surface area (Å²) < 4.78 is 5.58. The molecule has 3 unspecified atom stereocenters. The lowest BCUT2D eigenvalue weighted by atomic mass is 9.97. The molecule has 0 saturated carbocycles. The molecule has 0 aliphatic carbocycles. The number of carbonyl (C=O) groups excluding carboxylic acids is 2. The van der Waals surface area contributed by atoms with E-state index in [-0.39, 0.29) is 18.3 Å². The van der Waals surface area contributed by atoms with Gasteiger partial charge in [-0.05, 0) is 29.9 Å². The van der Waals surface area contributed by atoms with Crippen LogP contribution in [0, 0.1) is 5.92 Å². The maximum absolute atomic E-state index is 12.9. The molecule has 0 fully saturated rings. The van der Waals surface area contributed by atoms with Crippen LogP contribution in [0.3, 0.4) is 0 Å². The third kappa shape index (κ3) is 8.51. The van der Waals surface area contributed by atoms with Crippen LogP contribution in [0.1, 0.15) is 37.8 Å². The number of amides is 2. The minimum Gasteiger partial charge on any atom is -0.465 e. The van der Waals surface area contributed by atoms with E-state index < -0.39 is 24.1 Å². The molecule has 32 heavy (non-hydrogen) atoms. The van der Waals surface area contributed by atoms with Gasteiger partial charge in [0.2, 0.25) is 5.91 Å². The molecule has 172 valence electrons. The first kappa shape index (κ1) is 25.1. The molecular weight excluding hydrogens is 408 g/mol. The maximum atomic E-state index is 12.9. The monoisotopic (exact) mass is 440 g/mol. The van der Waals surface area contributed by atoms with E-state index in [1.807, 2.05) is 67.6 Å². The van der Waals surface area contributed by atoms with Gasteiger partial charge in [0, 0.05) is 0 Å². The number of benzene rings is 2. The zero-order valence-electron chi connectivity index (χ0n) is 18.6. The van der Waals surface area contributed by atoms with Gasteiger partial charge in [-0.1, -0.05) is 80.9 Å². The quantitative estimate of drug-likeness (QED) is 0.442. The summed E-state index contributed by atoms with van der Waals surface area (Å²) in [7, 11) is 0. The Labute approximate surface area is 189 Å². The highest BCUT2D eigenvalue weighted by atomic mass is 16.5. The number of rotatable bonds is 13. The zero-order chi connectivity index (χ0) is 23.3. The first-order chi connectivity index (χ1) is 15.4. The van der Waals surface area contributed by atoms with E-state index in [1.54, 1.807) is 6.92 Å². The third-order valence-corrected chi connectivity index (χ3v) is 5.40. The lowest BCUT2D eigenvalue weighted by Crippen LogP contribution is -2.54. The number of ketones is 1. The molecule has 0 aliphatic heterocycles. The minimum absolute atomic E-state index is 0.144. The van der Waals surface area contributed by atoms with Crippen LogP contribution in [0.15, 0.2) is 60.7 Å². The number of hydrogen-bond donors (Lipinski definition) is 3. The molecule has 2 aromatic rings. The highest BCUT2D eigenvalue weighted by Crippen LogP contribution is 2.11. The third-order valence-electron chi connectivity index (χ3n) is 5.40. The summed E-state index contributed by atoms with van der Waals surface area (Å²) in [4.78, 5) is 36.9. The molecular formula is C25H32N2O5. The Bertz CT molecular complexity index is 857. The Morgan fingerprint density at radius 1 is 0.938 bits per heavy atom. The molecule has 2 amide bonds. The SMILES string of the molecule is CCC(C)C(NC(=O)O)C(=O)NC(CCc1ccccc1)C(=O)COCc1ccccc1. The molecule has 0 aromatic heterocycles. The van der Waals surface area contributed by atoms with Crippen LogP contribution in [0.2, 0.25) is 0 Å². The normalized spacial score (nSPS) is 13.6. The highest BCUT2D eigenvalue weighted by Gasteiger charge is 2.29. The second-order valence-electron chi connectivity index (χ2n) is 7.84. The summed E-state index contributed by atoms with van der Waals surface area (Å²) in [5.41, 5.74) is 2.00. The van der Waals surface area contributed by atoms with E-state index in [0.717, 1.165) is 11.1 Å². The fourth-order valence-corrected chi connectivity index (χ4v) is 3.31. The van der Waals surface area contributed by atoms with Crippen molar-refractivity contribution in [2.75, 3.05) is 6.61 Å². The van der Waals surface area contributed by atoms with Crippen LogP contribution in [0.4, 0.5) is 4.79 Å². The summed E-state index contributed by atoms with van der Waals surface area (Å²) in [5, 5.41) is 14.2. The number of carbonyl (C=O) groups is 3. The van der Waals surface area contributed by atoms with Crippen molar-refractivity contribution in [3.8, 4) is 0 Å². The summed E-state index contributed by atoms with van der Waals surface area (Å²) in [5.74, 6) is -0.968. The standard InChI is InChI=1S/C25H32N2O5/c1-3-18(2)23(27-25(30)31)24(29)26-21(15-14-19-10-6-4-7-11-19)22(28)17-32-16-20-12-8-5-9-13-20/h4-13,18,21,23,27H,3,14-17H2,1-2H3,(H,26,29)(H,30,31). The van der Waals surface area contributed by atoms with Crippen LogP contribution < -0.4 is 10.6 Å².